The molecule has 8 nitrogen and oxygen atoms in total. The van der Waals surface area contributed by atoms with Crippen molar-refractivity contribution in [2.75, 3.05) is 6.54 Å². The third-order valence-electron chi connectivity index (χ3n) is 6.69. The number of carbonyl (C=O) groups is 1. The molecule has 0 bridgehead atoms. The number of pyridine rings is 1. The number of thiophene rings is 1. The van der Waals surface area contributed by atoms with Crippen molar-refractivity contribution in [2.24, 2.45) is 7.05 Å². The number of benzene rings is 1. The Hall–Kier alpha value is -4.31. The summed E-state index contributed by atoms with van der Waals surface area (Å²) in [5.74, 6) is -0.0326. The van der Waals surface area contributed by atoms with E-state index in [-0.39, 0.29) is 17.8 Å². The maximum absolute atomic E-state index is 14.4. The quantitative estimate of drug-likeness (QED) is 0.258. The van der Waals surface area contributed by atoms with E-state index < -0.39 is 0 Å². The van der Waals surface area contributed by atoms with Gasteiger partial charge in [-0.15, -0.1) is 11.3 Å². The van der Waals surface area contributed by atoms with Crippen LogP contribution < -0.4 is 4.74 Å². The number of hydrogen-bond acceptors (Lipinski definition) is 6. The molecule has 39 heavy (non-hydrogen) atoms. The van der Waals surface area contributed by atoms with Crippen molar-refractivity contribution >= 4 is 27.3 Å². The number of amides is 1. The predicted molar refractivity (Wildman–Crippen MR) is 150 cm³/mol. The number of nitrogens with zero attached hydrogens (tertiary/aromatic N) is 6. The highest BCUT2D eigenvalue weighted by Crippen LogP contribution is 2.46. The monoisotopic (exact) mass is 542 g/mol. The van der Waals surface area contributed by atoms with Gasteiger partial charge in [-0.1, -0.05) is 6.58 Å². The van der Waals surface area contributed by atoms with Gasteiger partial charge in [-0.2, -0.15) is 10.2 Å². The molecule has 1 amide bonds. The summed E-state index contributed by atoms with van der Waals surface area (Å²) in [6, 6.07) is 8.64. The van der Waals surface area contributed by atoms with Crippen LogP contribution in [0.4, 0.5) is 4.39 Å². The van der Waals surface area contributed by atoms with Crippen molar-refractivity contribution in [3.8, 4) is 39.5 Å². The Morgan fingerprint density at radius 2 is 2.05 bits per heavy atom. The molecular formula is C29H27FN6O2S. The average Bonchev–Trinajstić information content (AvgIpc) is 3.66. The van der Waals surface area contributed by atoms with Crippen molar-refractivity contribution in [1.29, 1.82) is 0 Å². The Morgan fingerprint density at radius 3 is 2.79 bits per heavy atom. The molecule has 1 aliphatic heterocycles. The maximum Gasteiger partial charge on any atom is 0.246 e. The fourth-order valence-electron chi connectivity index (χ4n) is 4.98. The Morgan fingerprint density at radius 1 is 1.21 bits per heavy atom. The lowest BCUT2D eigenvalue weighted by Crippen LogP contribution is -2.37. The zero-order valence-corrected chi connectivity index (χ0v) is 22.7. The van der Waals surface area contributed by atoms with E-state index in [0.29, 0.717) is 36.8 Å². The van der Waals surface area contributed by atoms with Crippen molar-refractivity contribution in [3.05, 3.63) is 72.3 Å². The SMILES string of the molecule is C=CC(=O)N1CCn2nc(-c3nc(-c4cnn(C)c4)c4ccsc4c3-c3ccc(F)cc3OC(C)C)cc2C1. The largest absolute Gasteiger partial charge is 0.490 e. The number of rotatable bonds is 6. The van der Waals surface area contributed by atoms with Gasteiger partial charge in [0.2, 0.25) is 5.91 Å². The van der Waals surface area contributed by atoms with Crippen LogP contribution in [0, 0.1) is 5.82 Å². The third kappa shape index (κ3) is 4.50. The van der Waals surface area contributed by atoms with E-state index in [9.17, 15) is 9.18 Å². The van der Waals surface area contributed by atoms with Crippen molar-refractivity contribution in [1.82, 2.24) is 29.4 Å². The molecule has 1 aliphatic rings. The lowest BCUT2D eigenvalue weighted by Gasteiger charge is -2.26. The van der Waals surface area contributed by atoms with Crippen LogP contribution in [0.3, 0.4) is 0 Å². The number of ether oxygens (including phenoxy) is 1. The van der Waals surface area contributed by atoms with Crippen LogP contribution >= 0.6 is 11.3 Å². The molecule has 0 unspecified atom stereocenters. The van der Waals surface area contributed by atoms with Gasteiger partial charge in [0.15, 0.2) is 0 Å². The first kappa shape index (κ1) is 25.0. The van der Waals surface area contributed by atoms with Crippen molar-refractivity contribution in [3.63, 3.8) is 0 Å². The molecular weight excluding hydrogens is 515 g/mol. The number of halogens is 1. The van der Waals surface area contributed by atoms with Gasteiger partial charge >= 0.3 is 0 Å². The summed E-state index contributed by atoms with van der Waals surface area (Å²) >= 11 is 1.59. The molecule has 5 heterocycles. The molecule has 1 aromatic carbocycles. The third-order valence-corrected chi connectivity index (χ3v) is 7.62. The normalized spacial score (nSPS) is 13.2. The number of carbonyl (C=O) groups excluding carboxylic acids is 1. The van der Waals surface area contributed by atoms with Crippen LogP contribution in [0.5, 0.6) is 5.75 Å². The van der Waals surface area contributed by atoms with Crippen molar-refractivity contribution in [2.45, 2.75) is 33.0 Å². The summed E-state index contributed by atoms with van der Waals surface area (Å²) in [6.07, 6.45) is 4.92. The summed E-state index contributed by atoms with van der Waals surface area (Å²) in [4.78, 5) is 19.2. The van der Waals surface area contributed by atoms with E-state index in [1.807, 2.05) is 49.3 Å². The Balaban J connectivity index is 1.61. The zero-order valence-electron chi connectivity index (χ0n) is 21.9. The molecule has 0 saturated carbocycles. The number of aromatic nitrogens is 5. The Labute approximate surface area is 229 Å². The van der Waals surface area contributed by atoms with Crippen LogP contribution in [0.2, 0.25) is 0 Å². The van der Waals surface area contributed by atoms with E-state index in [1.54, 1.807) is 33.2 Å². The second-order valence-corrected chi connectivity index (χ2v) is 10.7. The van der Waals surface area contributed by atoms with Crippen LogP contribution in [0.25, 0.3) is 43.9 Å². The summed E-state index contributed by atoms with van der Waals surface area (Å²) in [5, 5.41) is 12.3. The molecule has 0 aliphatic carbocycles. The standard InChI is InChI=1S/C29H27FN6O2S/c1-5-25(37)35-9-10-36-20(16-35)13-23(33-36)28-26(21-7-6-19(30)12-24(21)38-17(2)3)29-22(8-11-39-29)27(32-28)18-14-31-34(4)15-18/h5-8,11-15,17H,1,9-10,16H2,2-4H3. The minimum atomic E-state index is -0.372. The first-order valence-corrected chi connectivity index (χ1v) is 13.6. The molecule has 0 atom stereocenters. The average molecular weight is 543 g/mol. The van der Waals surface area contributed by atoms with Gasteiger partial charge < -0.3 is 9.64 Å². The van der Waals surface area contributed by atoms with E-state index in [2.05, 4.69) is 11.7 Å². The number of hydrogen-bond donors (Lipinski definition) is 0. The smallest absolute Gasteiger partial charge is 0.246 e. The number of fused-ring (bicyclic) bond motifs is 2. The molecule has 4 aromatic heterocycles. The van der Waals surface area contributed by atoms with Gasteiger partial charge in [-0.25, -0.2) is 9.37 Å². The highest BCUT2D eigenvalue weighted by atomic mass is 32.1. The molecule has 198 valence electrons. The second kappa shape index (κ2) is 9.77. The topological polar surface area (TPSA) is 78.1 Å². The van der Waals surface area contributed by atoms with Gasteiger partial charge in [0.05, 0.1) is 36.8 Å². The predicted octanol–water partition coefficient (Wildman–Crippen LogP) is 5.68. The molecule has 0 radical (unpaired) electrons. The molecule has 0 fully saturated rings. The second-order valence-electron chi connectivity index (χ2n) is 9.77. The molecule has 5 aromatic rings. The maximum atomic E-state index is 14.4. The zero-order chi connectivity index (χ0) is 27.3. The van der Waals surface area contributed by atoms with Gasteiger partial charge in [-0.05, 0) is 49.6 Å². The minimum absolute atomic E-state index is 0.108. The first-order chi connectivity index (χ1) is 18.8. The summed E-state index contributed by atoms with van der Waals surface area (Å²) in [5.41, 5.74) is 5.50. The highest BCUT2D eigenvalue weighted by Gasteiger charge is 2.27. The number of aryl methyl sites for hydroxylation is 1. The lowest BCUT2D eigenvalue weighted by atomic mass is 9.97. The molecule has 6 rings (SSSR count). The van der Waals surface area contributed by atoms with Crippen LogP contribution in [0.15, 0.2) is 60.8 Å². The van der Waals surface area contributed by atoms with E-state index in [1.165, 1.54) is 18.2 Å². The molecule has 0 spiro atoms. The van der Waals surface area contributed by atoms with E-state index >= 15 is 0 Å². The first-order valence-electron chi connectivity index (χ1n) is 12.7. The Kier molecular flexibility index (Phi) is 6.26. The van der Waals surface area contributed by atoms with E-state index in [0.717, 1.165) is 38.2 Å². The highest BCUT2D eigenvalue weighted by molar-refractivity contribution is 7.18. The fraction of sp³-hybridized carbons (Fsp3) is 0.241. The van der Waals surface area contributed by atoms with Gasteiger partial charge in [-0.3, -0.25) is 14.2 Å². The summed E-state index contributed by atoms with van der Waals surface area (Å²) in [7, 11) is 1.87. The van der Waals surface area contributed by atoms with Gasteiger partial charge in [0, 0.05) is 52.6 Å². The minimum Gasteiger partial charge on any atom is -0.490 e. The van der Waals surface area contributed by atoms with Gasteiger partial charge in [0.1, 0.15) is 23.0 Å². The summed E-state index contributed by atoms with van der Waals surface area (Å²) < 4.78 is 25.2. The molecule has 10 heteroatoms. The van der Waals surface area contributed by atoms with Crippen LogP contribution in [0.1, 0.15) is 19.5 Å². The lowest BCUT2D eigenvalue weighted by molar-refractivity contribution is -0.127. The van der Waals surface area contributed by atoms with Crippen molar-refractivity contribution < 1.29 is 13.9 Å². The summed E-state index contributed by atoms with van der Waals surface area (Å²) in [6.45, 7) is 9.01. The van der Waals surface area contributed by atoms with Crippen LogP contribution in [-0.4, -0.2) is 48.0 Å². The molecule has 0 saturated heterocycles. The van der Waals surface area contributed by atoms with Gasteiger partial charge in [0.25, 0.3) is 0 Å². The molecule has 0 N–H and O–H groups in total. The fourth-order valence-corrected chi connectivity index (χ4v) is 5.93. The van der Waals surface area contributed by atoms with Crippen LogP contribution in [-0.2, 0) is 24.9 Å². The Bertz CT molecular complexity index is 1730. The van der Waals surface area contributed by atoms with E-state index in [4.69, 9.17) is 14.8 Å².